The molecule has 0 saturated heterocycles. The molecule has 4 nitrogen and oxygen atoms in total. The van der Waals surface area contributed by atoms with Crippen LogP contribution in [0.15, 0.2) is 0 Å². The Bertz CT molecular complexity index is 362. The van der Waals surface area contributed by atoms with Gasteiger partial charge in [-0.05, 0) is 44.9 Å². The Labute approximate surface area is 142 Å². The fraction of sp³-hybridized carbons (Fsp3) is 0.947. The minimum Gasteiger partial charge on any atom is -0.444 e. The second kappa shape index (κ2) is 8.36. The van der Waals surface area contributed by atoms with E-state index in [4.69, 9.17) is 4.74 Å². The van der Waals surface area contributed by atoms with Crippen molar-refractivity contribution < 1.29 is 14.6 Å². The van der Waals surface area contributed by atoms with Gasteiger partial charge < -0.3 is 15.2 Å². The maximum Gasteiger partial charge on any atom is 0.407 e. The van der Waals surface area contributed by atoms with Gasteiger partial charge in [-0.3, -0.25) is 0 Å². The Morgan fingerprint density at radius 2 is 1.70 bits per heavy atom. The van der Waals surface area contributed by atoms with Crippen LogP contribution in [0.25, 0.3) is 0 Å². The molecular weight excluding hydrogens is 290 g/mol. The number of carbonyl (C=O) groups excluding carboxylic acids is 1. The lowest BCUT2D eigenvalue weighted by molar-refractivity contribution is 0.0319. The SMILES string of the molecule is CC(C)(C)C[C@H](O)[C@H](CC1CCCCC1)NC(=O)OC(C)(C)C. The number of ether oxygens (including phenoxy) is 1. The van der Waals surface area contributed by atoms with E-state index in [0.29, 0.717) is 12.3 Å². The van der Waals surface area contributed by atoms with Crippen molar-refractivity contribution in [1.82, 2.24) is 5.32 Å². The third kappa shape index (κ3) is 9.19. The van der Waals surface area contributed by atoms with E-state index in [2.05, 4.69) is 26.1 Å². The molecule has 0 bridgehead atoms. The molecule has 0 aliphatic heterocycles. The van der Waals surface area contributed by atoms with Crippen LogP contribution in [0, 0.1) is 11.3 Å². The zero-order chi connectivity index (χ0) is 17.7. The molecule has 2 atom stereocenters. The first-order valence-electron chi connectivity index (χ1n) is 9.14. The van der Waals surface area contributed by atoms with Gasteiger partial charge in [0.25, 0.3) is 0 Å². The Morgan fingerprint density at radius 1 is 1.13 bits per heavy atom. The predicted molar refractivity (Wildman–Crippen MR) is 94.4 cm³/mol. The monoisotopic (exact) mass is 327 g/mol. The van der Waals surface area contributed by atoms with Gasteiger partial charge in [-0.1, -0.05) is 52.9 Å². The number of alkyl carbamates (subject to hydrolysis) is 1. The van der Waals surface area contributed by atoms with Gasteiger partial charge in [-0.15, -0.1) is 0 Å². The summed E-state index contributed by atoms with van der Waals surface area (Å²) in [6.07, 6.45) is 6.79. The van der Waals surface area contributed by atoms with Gasteiger partial charge in [-0.25, -0.2) is 4.79 Å². The number of nitrogens with one attached hydrogen (secondary N) is 1. The molecule has 0 aromatic carbocycles. The molecule has 0 aromatic rings. The summed E-state index contributed by atoms with van der Waals surface area (Å²) < 4.78 is 5.38. The summed E-state index contributed by atoms with van der Waals surface area (Å²) in [6.45, 7) is 11.9. The number of aliphatic hydroxyl groups is 1. The topological polar surface area (TPSA) is 58.6 Å². The molecule has 1 amide bonds. The number of aliphatic hydroxyl groups excluding tert-OH is 1. The highest BCUT2D eigenvalue weighted by atomic mass is 16.6. The van der Waals surface area contributed by atoms with Gasteiger partial charge in [0.05, 0.1) is 12.1 Å². The highest BCUT2D eigenvalue weighted by Crippen LogP contribution is 2.30. The molecular formula is C19H37NO3. The van der Waals surface area contributed by atoms with Crippen molar-refractivity contribution in [2.24, 2.45) is 11.3 Å². The summed E-state index contributed by atoms with van der Waals surface area (Å²) in [5, 5.41) is 13.6. The first-order valence-corrected chi connectivity index (χ1v) is 9.14. The highest BCUT2D eigenvalue weighted by molar-refractivity contribution is 5.68. The van der Waals surface area contributed by atoms with Crippen LogP contribution in [0.1, 0.15) is 86.5 Å². The van der Waals surface area contributed by atoms with Crippen LogP contribution < -0.4 is 5.32 Å². The van der Waals surface area contributed by atoms with E-state index in [1.54, 1.807) is 0 Å². The molecule has 0 unspecified atom stereocenters. The van der Waals surface area contributed by atoms with E-state index in [9.17, 15) is 9.90 Å². The number of amides is 1. The van der Waals surface area contributed by atoms with E-state index in [0.717, 1.165) is 6.42 Å². The highest BCUT2D eigenvalue weighted by Gasteiger charge is 2.30. The molecule has 1 aliphatic rings. The van der Waals surface area contributed by atoms with Crippen molar-refractivity contribution in [2.45, 2.75) is 104 Å². The number of hydrogen-bond acceptors (Lipinski definition) is 3. The molecule has 1 aliphatic carbocycles. The van der Waals surface area contributed by atoms with Crippen LogP contribution in [0.3, 0.4) is 0 Å². The van der Waals surface area contributed by atoms with Crippen molar-refractivity contribution in [1.29, 1.82) is 0 Å². The molecule has 23 heavy (non-hydrogen) atoms. The summed E-state index contributed by atoms with van der Waals surface area (Å²) in [5.74, 6) is 0.596. The smallest absolute Gasteiger partial charge is 0.407 e. The van der Waals surface area contributed by atoms with Crippen LogP contribution in [0.2, 0.25) is 0 Å². The normalized spacial score (nSPS) is 20.0. The average molecular weight is 328 g/mol. The summed E-state index contributed by atoms with van der Waals surface area (Å²) in [7, 11) is 0. The maximum atomic E-state index is 12.1. The molecule has 1 saturated carbocycles. The molecule has 0 spiro atoms. The van der Waals surface area contributed by atoms with Crippen LogP contribution in [-0.2, 0) is 4.74 Å². The number of carbonyl (C=O) groups is 1. The van der Waals surface area contributed by atoms with E-state index >= 15 is 0 Å². The van der Waals surface area contributed by atoms with Crippen molar-refractivity contribution >= 4 is 6.09 Å². The predicted octanol–water partition coefficient (Wildman–Crippen LogP) is 4.65. The second-order valence-corrected chi connectivity index (χ2v) is 9.32. The summed E-state index contributed by atoms with van der Waals surface area (Å²) in [5.41, 5.74) is -0.492. The largest absolute Gasteiger partial charge is 0.444 e. The summed E-state index contributed by atoms with van der Waals surface area (Å²) in [4.78, 5) is 12.1. The Balaban J connectivity index is 2.68. The van der Waals surface area contributed by atoms with E-state index in [1.165, 1.54) is 32.1 Å². The number of rotatable bonds is 5. The first kappa shape index (κ1) is 20.3. The standard InChI is InChI=1S/C19H37NO3/c1-18(2,3)13-16(21)15(12-14-10-8-7-9-11-14)20-17(22)23-19(4,5)6/h14-16,21H,7-13H2,1-6H3,(H,20,22)/t15-,16-/m0/s1. The lowest BCUT2D eigenvalue weighted by Gasteiger charge is -2.33. The minimum atomic E-state index is -0.538. The van der Waals surface area contributed by atoms with Gasteiger partial charge in [-0.2, -0.15) is 0 Å². The fourth-order valence-electron chi connectivity index (χ4n) is 3.32. The first-order chi connectivity index (χ1) is 10.5. The quantitative estimate of drug-likeness (QED) is 0.773. The van der Waals surface area contributed by atoms with Gasteiger partial charge in [0.2, 0.25) is 0 Å². The van der Waals surface area contributed by atoms with Gasteiger partial charge in [0, 0.05) is 0 Å². The third-order valence-corrected chi connectivity index (χ3v) is 4.30. The molecule has 1 fully saturated rings. The fourth-order valence-corrected chi connectivity index (χ4v) is 3.32. The third-order valence-electron chi connectivity index (χ3n) is 4.30. The molecule has 136 valence electrons. The molecule has 0 radical (unpaired) electrons. The molecule has 4 heteroatoms. The molecule has 1 rings (SSSR count). The van der Waals surface area contributed by atoms with Crippen molar-refractivity contribution in [3.05, 3.63) is 0 Å². The molecule has 0 heterocycles. The van der Waals surface area contributed by atoms with Crippen molar-refractivity contribution in [3.63, 3.8) is 0 Å². The van der Waals surface area contributed by atoms with Gasteiger partial charge in [0.15, 0.2) is 0 Å². The second-order valence-electron chi connectivity index (χ2n) is 9.32. The summed E-state index contributed by atoms with van der Waals surface area (Å²) in [6, 6.07) is -0.229. The summed E-state index contributed by atoms with van der Waals surface area (Å²) >= 11 is 0. The Kier molecular flexibility index (Phi) is 7.37. The average Bonchev–Trinajstić information content (AvgIpc) is 2.34. The van der Waals surface area contributed by atoms with Crippen molar-refractivity contribution in [3.8, 4) is 0 Å². The lowest BCUT2D eigenvalue weighted by atomic mass is 9.80. The van der Waals surface area contributed by atoms with E-state index in [-0.39, 0.29) is 11.5 Å². The van der Waals surface area contributed by atoms with Crippen LogP contribution in [-0.4, -0.2) is 28.9 Å². The van der Waals surface area contributed by atoms with Crippen LogP contribution in [0.4, 0.5) is 4.79 Å². The molecule has 2 N–H and O–H groups in total. The Morgan fingerprint density at radius 3 is 2.17 bits per heavy atom. The van der Waals surface area contributed by atoms with Crippen LogP contribution >= 0.6 is 0 Å². The zero-order valence-corrected chi connectivity index (χ0v) is 15.9. The van der Waals surface area contributed by atoms with Gasteiger partial charge >= 0.3 is 6.09 Å². The molecule has 0 aromatic heterocycles. The van der Waals surface area contributed by atoms with E-state index < -0.39 is 17.8 Å². The number of hydrogen-bond donors (Lipinski definition) is 2. The zero-order valence-electron chi connectivity index (χ0n) is 15.9. The maximum absolute atomic E-state index is 12.1. The minimum absolute atomic E-state index is 0.0276. The van der Waals surface area contributed by atoms with Gasteiger partial charge in [0.1, 0.15) is 5.60 Å². The van der Waals surface area contributed by atoms with Crippen molar-refractivity contribution in [2.75, 3.05) is 0 Å². The van der Waals surface area contributed by atoms with E-state index in [1.807, 2.05) is 20.8 Å². The lowest BCUT2D eigenvalue weighted by Crippen LogP contribution is -2.47. The Hall–Kier alpha value is -0.770. The van der Waals surface area contributed by atoms with Crippen LogP contribution in [0.5, 0.6) is 0 Å².